The quantitative estimate of drug-likeness (QED) is 0.495. The summed E-state index contributed by atoms with van der Waals surface area (Å²) in [6, 6.07) is 0.338. The first-order valence-electron chi connectivity index (χ1n) is 3.63. The van der Waals surface area contributed by atoms with Crippen LogP contribution >= 0.6 is 0 Å². The molecule has 0 fully saturated rings. The molecule has 11 heavy (non-hydrogen) atoms. The largest absolute Gasteiger partial charge is 0.384 e. The summed E-state index contributed by atoms with van der Waals surface area (Å²) in [6.45, 7) is 0.695. The molecule has 0 aromatic rings. The molecule has 3 N–H and O–H groups in total. The lowest BCUT2D eigenvalue weighted by atomic mass is 10.0. The standard InChI is InChI=1S/C7H10N4/c8-7-5-3-9-2-1-6(5)10-4-11-7/h2,4,6H,1,3,8H2,(H,10,11). The molecule has 2 aliphatic rings. The second kappa shape index (κ2) is 2.38. The Morgan fingerprint density at radius 1 is 1.64 bits per heavy atom. The summed E-state index contributed by atoms with van der Waals surface area (Å²) in [6.07, 6.45) is 4.50. The van der Waals surface area contributed by atoms with Gasteiger partial charge in [0.05, 0.1) is 18.9 Å². The van der Waals surface area contributed by atoms with Crippen LogP contribution in [-0.2, 0) is 0 Å². The van der Waals surface area contributed by atoms with Gasteiger partial charge in [0.2, 0.25) is 0 Å². The highest BCUT2D eigenvalue weighted by Gasteiger charge is 2.20. The third-order valence-electron chi connectivity index (χ3n) is 1.96. The molecule has 1 unspecified atom stereocenters. The summed E-state index contributed by atoms with van der Waals surface area (Å²) in [4.78, 5) is 8.10. The molecule has 4 heteroatoms. The minimum Gasteiger partial charge on any atom is -0.384 e. The lowest BCUT2D eigenvalue weighted by Gasteiger charge is -2.24. The van der Waals surface area contributed by atoms with Crippen LogP contribution in [-0.4, -0.2) is 25.1 Å². The van der Waals surface area contributed by atoms with Gasteiger partial charge in [0.15, 0.2) is 0 Å². The van der Waals surface area contributed by atoms with Crippen molar-refractivity contribution < 1.29 is 0 Å². The molecule has 0 amide bonds. The number of nitrogens with zero attached hydrogens (tertiary/aromatic N) is 2. The number of hydrogen-bond acceptors (Lipinski definition) is 4. The second-order valence-electron chi connectivity index (χ2n) is 2.65. The maximum Gasteiger partial charge on any atom is 0.128 e. The van der Waals surface area contributed by atoms with Crippen LogP contribution in [0.5, 0.6) is 0 Å². The molecule has 0 saturated heterocycles. The van der Waals surface area contributed by atoms with E-state index in [0.717, 1.165) is 12.0 Å². The predicted molar refractivity (Wildman–Crippen MR) is 44.6 cm³/mol. The SMILES string of the molecule is NC1=C2CN=CCC2NC=N1. The van der Waals surface area contributed by atoms with Crippen molar-refractivity contribution >= 4 is 12.6 Å². The normalized spacial score (nSPS) is 28.2. The topological polar surface area (TPSA) is 62.8 Å². The van der Waals surface area contributed by atoms with E-state index >= 15 is 0 Å². The van der Waals surface area contributed by atoms with Gasteiger partial charge in [-0.1, -0.05) is 0 Å². The maximum atomic E-state index is 5.66. The van der Waals surface area contributed by atoms with Crippen LogP contribution < -0.4 is 11.1 Å². The third kappa shape index (κ3) is 1.00. The Bertz CT molecular complexity index is 251. The minimum absolute atomic E-state index is 0.338. The Morgan fingerprint density at radius 3 is 3.36 bits per heavy atom. The van der Waals surface area contributed by atoms with Gasteiger partial charge in [-0.15, -0.1) is 0 Å². The molecule has 1 atom stereocenters. The zero-order valence-electron chi connectivity index (χ0n) is 6.12. The number of nitrogens with two attached hydrogens (primary N) is 1. The van der Waals surface area contributed by atoms with Crippen molar-refractivity contribution in [3.63, 3.8) is 0 Å². The van der Waals surface area contributed by atoms with Crippen molar-refractivity contribution in [2.24, 2.45) is 15.7 Å². The van der Waals surface area contributed by atoms with Crippen molar-refractivity contribution in [3.8, 4) is 0 Å². The number of hydrogen-bond donors (Lipinski definition) is 2. The molecule has 2 rings (SSSR count). The molecule has 2 aliphatic heterocycles. The van der Waals surface area contributed by atoms with Crippen molar-refractivity contribution in [1.29, 1.82) is 0 Å². The van der Waals surface area contributed by atoms with Crippen LogP contribution in [0.15, 0.2) is 21.4 Å². The van der Waals surface area contributed by atoms with Crippen molar-refractivity contribution in [2.45, 2.75) is 12.5 Å². The molecule has 0 aromatic carbocycles. The lowest BCUT2D eigenvalue weighted by molar-refractivity contribution is 0.671. The number of aliphatic imine (C=N–C) groups is 2. The highest BCUT2D eigenvalue weighted by Crippen LogP contribution is 2.15. The van der Waals surface area contributed by atoms with E-state index in [9.17, 15) is 0 Å². The van der Waals surface area contributed by atoms with E-state index in [4.69, 9.17) is 5.73 Å². The first-order valence-corrected chi connectivity index (χ1v) is 3.63. The van der Waals surface area contributed by atoms with E-state index in [1.54, 1.807) is 6.34 Å². The average molecular weight is 150 g/mol. The highest BCUT2D eigenvalue weighted by atomic mass is 15.1. The van der Waals surface area contributed by atoms with E-state index in [-0.39, 0.29) is 0 Å². The average Bonchev–Trinajstić information content (AvgIpc) is 2.06. The Morgan fingerprint density at radius 2 is 2.55 bits per heavy atom. The molecule has 58 valence electrons. The summed E-state index contributed by atoms with van der Waals surface area (Å²) < 4.78 is 0. The summed E-state index contributed by atoms with van der Waals surface area (Å²) in [5, 5.41) is 3.13. The van der Waals surface area contributed by atoms with Crippen LogP contribution in [0.25, 0.3) is 0 Å². The van der Waals surface area contributed by atoms with Gasteiger partial charge < -0.3 is 11.1 Å². The summed E-state index contributed by atoms with van der Waals surface area (Å²) in [5.74, 6) is 0.630. The monoisotopic (exact) mass is 150 g/mol. The first kappa shape index (κ1) is 6.39. The molecule has 0 aromatic heterocycles. The third-order valence-corrected chi connectivity index (χ3v) is 1.96. The van der Waals surface area contributed by atoms with Crippen LogP contribution in [0.3, 0.4) is 0 Å². The summed E-state index contributed by atoms with van der Waals surface area (Å²) in [5.41, 5.74) is 6.78. The zero-order valence-corrected chi connectivity index (χ0v) is 6.12. The first-order chi connectivity index (χ1) is 5.38. The molecule has 0 bridgehead atoms. The molecule has 0 spiro atoms. The van der Waals surface area contributed by atoms with Gasteiger partial charge in [-0.2, -0.15) is 0 Å². The second-order valence-corrected chi connectivity index (χ2v) is 2.65. The maximum absolute atomic E-state index is 5.66. The van der Waals surface area contributed by atoms with Gasteiger partial charge in [0.25, 0.3) is 0 Å². The van der Waals surface area contributed by atoms with Gasteiger partial charge in [-0.05, 0) is 0 Å². The van der Waals surface area contributed by atoms with E-state index in [0.29, 0.717) is 18.4 Å². The molecule has 4 nitrogen and oxygen atoms in total. The van der Waals surface area contributed by atoms with E-state index in [2.05, 4.69) is 15.3 Å². The minimum atomic E-state index is 0.338. The van der Waals surface area contributed by atoms with E-state index < -0.39 is 0 Å². The summed E-state index contributed by atoms with van der Waals surface area (Å²) in [7, 11) is 0. The van der Waals surface area contributed by atoms with E-state index in [1.807, 2.05) is 6.21 Å². The van der Waals surface area contributed by atoms with Gasteiger partial charge in [-0.3, -0.25) is 4.99 Å². The zero-order chi connectivity index (χ0) is 7.68. The van der Waals surface area contributed by atoms with Crippen LogP contribution in [0.4, 0.5) is 0 Å². The fourth-order valence-electron chi connectivity index (χ4n) is 1.30. The van der Waals surface area contributed by atoms with Gasteiger partial charge in [-0.25, -0.2) is 4.99 Å². The van der Waals surface area contributed by atoms with Crippen LogP contribution in [0.2, 0.25) is 0 Å². The molecule has 0 radical (unpaired) electrons. The van der Waals surface area contributed by atoms with Gasteiger partial charge in [0.1, 0.15) is 5.82 Å². The Hall–Kier alpha value is -1.32. The Labute approximate surface area is 64.9 Å². The fraction of sp³-hybridized carbons (Fsp3) is 0.429. The Kier molecular flexibility index (Phi) is 1.38. The van der Waals surface area contributed by atoms with E-state index in [1.165, 1.54) is 0 Å². The summed E-state index contributed by atoms with van der Waals surface area (Å²) >= 11 is 0. The molecule has 0 saturated carbocycles. The molecule has 2 heterocycles. The van der Waals surface area contributed by atoms with Crippen molar-refractivity contribution in [1.82, 2.24) is 5.32 Å². The van der Waals surface area contributed by atoms with Crippen molar-refractivity contribution in [2.75, 3.05) is 6.54 Å². The van der Waals surface area contributed by atoms with Gasteiger partial charge >= 0.3 is 0 Å². The number of fused-ring (bicyclic) bond motifs is 1. The fourth-order valence-corrected chi connectivity index (χ4v) is 1.30. The smallest absolute Gasteiger partial charge is 0.128 e. The number of rotatable bonds is 0. The number of nitrogens with one attached hydrogen (secondary N) is 1. The highest BCUT2D eigenvalue weighted by molar-refractivity contribution is 5.67. The van der Waals surface area contributed by atoms with Crippen LogP contribution in [0, 0.1) is 0 Å². The van der Waals surface area contributed by atoms with Crippen LogP contribution in [0.1, 0.15) is 6.42 Å². The molecular formula is C7H10N4. The lowest BCUT2D eigenvalue weighted by Crippen LogP contribution is -2.37. The van der Waals surface area contributed by atoms with Gasteiger partial charge in [0, 0.05) is 18.2 Å². The predicted octanol–water partition coefficient (Wildman–Crippen LogP) is -0.369. The Balaban J connectivity index is 2.33. The van der Waals surface area contributed by atoms with Crippen molar-refractivity contribution in [3.05, 3.63) is 11.4 Å². The molecular weight excluding hydrogens is 140 g/mol. The molecule has 0 aliphatic carbocycles.